The van der Waals surface area contributed by atoms with E-state index < -0.39 is 5.54 Å². The summed E-state index contributed by atoms with van der Waals surface area (Å²) in [6.07, 6.45) is 0. The second-order valence-electron chi connectivity index (χ2n) is 3.55. The van der Waals surface area contributed by atoms with Crippen molar-refractivity contribution in [1.82, 2.24) is 10.2 Å². The smallest absolute Gasteiger partial charge is 0.245 e. The van der Waals surface area contributed by atoms with E-state index >= 15 is 0 Å². The molecule has 1 saturated heterocycles. The molecule has 0 unspecified atom stereocenters. The molecular weight excluding hydrogens is 154 g/mol. The van der Waals surface area contributed by atoms with Gasteiger partial charge in [-0.25, -0.2) is 0 Å². The lowest BCUT2D eigenvalue weighted by molar-refractivity contribution is -0.132. The maximum Gasteiger partial charge on any atom is 0.245 e. The van der Waals surface area contributed by atoms with Gasteiger partial charge in [0.1, 0.15) is 5.54 Å². The van der Waals surface area contributed by atoms with Gasteiger partial charge in [0.05, 0.1) is 5.84 Å². The fourth-order valence-electron chi connectivity index (χ4n) is 1.49. The largest absolute Gasteiger partial charge is 0.352 e. The second-order valence-corrected chi connectivity index (χ2v) is 3.55. The topological polar surface area (TPSA) is 56.2 Å². The van der Waals surface area contributed by atoms with Crippen LogP contribution in [-0.2, 0) is 4.79 Å². The SMILES string of the molecule is CC(=N)N1CCNC(=O)C1(C)C. The quantitative estimate of drug-likeness (QED) is 0.402. The Morgan fingerprint density at radius 1 is 1.67 bits per heavy atom. The number of piperazine rings is 1. The van der Waals surface area contributed by atoms with Crippen molar-refractivity contribution in [3.63, 3.8) is 0 Å². The Morgan fingerprint density at radius 3 is 2.67 bits per heavy atom. The first-order valence-electron chi connectivity index (χ1n) is 4.07. The summed E-state index contributed by atoms with van der Waals surface area (Å²) in [5.41, 5.74) is -0.565. The van der Waals surface area contributed by atoms with Crippen molar-refractivity contribution in [3.8, 4) is 0 Å². The van der Waals surface area contributed by atoms with Crippen LogP contribution >= 0.6 is 0 Å². The van der Waals surface area contributed by atoms with E-state index in [9.17, 15) is 4.79 Å². The molecule has 0 radical (unpaired) electrons. The molecule has 0 spiro atoms. The number of carbonyl (C=O) groups is 1. The molecule has 0 aliphatic carbocycles. The molecule has 1 fully saturated rings. The normalized spacial score (nSPS) is 21.9. The summed E-state index contributed by atoms with van der Waals surface area (Å²) in [5.74, 6) is 0.454. The van der Waals surface area contributed by atoms with Crippen LogP contribution in [0.2, 0.25) is 0 Å². The first-order chi connectivity index (χ1) is 5.46. The molecule has 4 heteroatoms. The molecule has 2 N–H and O–H groups in total. The number of amides is 1. The van der Waals surface area contributed by atoms with E-state index in [0.29, 0.717) is 12.4 Å². The van der Waals surface area contributed by atoms with E-state index in [1.165, 1.54) is 0 Å². The van der Waals surface area contributed by atoms with E-state index in [4.69, 9.17) is 5.41 Å². The molecule has 1 heterocycles. The highest BCUT2D eigenvalue weighted by molar-refractivity contribution is 5.91. The minimum Gasteiger partial charge on any atom is -0.352 e. The summed E-state index contributed by atoms with van der Waals surface area (Å²) in [6.45, 7) is 6.74. The van der Waals surface area contributed by atoms with E-state index in [0.717, 1.165) is 6.54 Å². The number of hydrogen-bond donors (Lipinski definition) is 2. The molecule has 0 atom stereocenters. The Hall–Kier alpha value is -1.06. The molecular formula is C8H15N3O. The van der Waals surface area contributed by atoms with Gasteiger partial charge in [0.15, 0.2) is 0 Å². The van der Waals surface area contributed by atoms with Crippen molar-refractivity contribution < 1.29 is 4.79 Å². The lowest BCUT2D eigenvalue weighted by Gasteiger charge is -2.41. The van der Waals surface area contributed by atoms with E-state index in [1.54, 1.807) is 6.92 Å². The Kier molecular flexibility index (Phi) is 2.08. The van der Waals surface area contributed by atoms with Gasteiger partial charge in [-0.1, -0.05) is 0 Å². The molecule has 4 nitrogen and oxygen atoms in total. The first-order valence-corrected chi connectivity index (χ1v) is 4.07. The average molecular weight is 169 g/mol. The summed E-state index contributed by atoms with van der Waals surface area (Å²) < 4.78 is 0. The van der Waals surface area contributed by atoms with Crippen molar-refractivity contribution in [2.75, 3.05) is 13.1 Å². The van der Waals surface area contributed by atoms with E-state index in [2.05, 4.69) is 5.32 Å². The molecule has 1 aliphatic rings. The first kappa shape index (κ1) is 9.03. The molecule has 1 amide bonds. The number of hydrogen-bond acceptors (Lipinski definition) is 2. The van der Waals surface area contributed by atoms with Crippen LogP contribution in [0.5, 0.6) is 0 Å². The second kappa shape index (κ2) is 2.77. The zero-order valence-corrected chi connectivity index (χ0v) is 7.77. The van der Waals surface area contributed by atoms with Crippen LogP contribution in [0.15, 0.2) is 0 Å². The third kappa shape index (κ3) is 1.29. The highest BCUT2D eigenvalue weighted by Gasteiger charge is 2.37. The Labute approximate surface area is 72.4 Å². The van der Waals surface area contributed by atoms with Crippen molar-refractivity contribution in [3.05, 3.63) is 0 Å². The fraction of sp³-hybridized carbons (Fsp3) is 0.750. The molecule has 1 rings (SSSR count). The van der Waals surface area contributed by atoms with Gasteiger partial charge < -0.3 is 10.2 Å². The minimum absolute atomic E-state index is 0.000324. The van der Waals surface area contributed by atoms with Crippen LogP contribution in [-0.4, -0.2) is 35.3 Å². The van der Waals surface area contributed by atoms with Crippen LogP contribution in [0.3, 0.4) is 0 Å². The summed E-state index contributed by atoms with van der Waals surface area (Å²) in [6, 6.07) is 0. The summed E-state index contributed by atoms with van der Waals surface area (Å²) in [5, 5.41) is 10.3. The lowest BCUT2D eigenvalue weighted by Crippen LogP contribution is -2.62. The number of rotatable bonds is 0. The predicted octanol–water partition coefficient (Wildman–Crippen LogP) is 0.194. The molecule has 0 saturated carbocycles. The number of amidine groups is 1. The Bertz CT molecular complexity index is 222. The van der Waals surface area contributed by atoms with Crippen molar-refractivity contribution in [2.24, 2.45) is 0 Å². The summed E-state index contributed by atoms with van der Waals surface area (Å²) in [7, 11) is 0. The predicted molar refractivity (Wildman–Crippen MR) is 47.2 cm³/mol. The third-order valence-electron chi connectivity index (χ3n) is 2.26. The summed E-state index contributed by atoms with van der Waals surface area (Å²) >= 11 is 0. The minimum atomic E-state index is -0.565. The molecule has 0 aromatic rings. The summed E-state index contributed by atoms with van der Waals surface area (Å²) in [4.78, 5) is 13.2. The zero-order chi connectivity index (χ0) is 9.35. The molecule has 1 aliphatic heterocycles. The lowest BCUT2D eigenvalue weighted by atomic mass is 9.99. The van der Waals surface area contributed by atoms with Crippen LogP contribution < -0.4 is 5.32 Å². The van der Waals surface area contributed by atoms with Gasteiger partial charge in [0, 0.05) is 13.1 Å². The van der Waals surface area contributed by atoms with Crippen molar-refractivity contribution in [1.29, 1.82) is 5.41 Å². The molecule has 0 bridgehead atoms. The van der Waals surface area contributed by atoms with Gasteiger partial charge in [-0.2, -0.15) is 0 Å². The average Bonchev–Trinajstić information content (AvgIpc) is 1.94. The van der Waals surface area contributed by atoms with Gasteiger partial charge in [-0.05, 0) is 20.8 Å². The van der Waals surface area contributed by atoms with Gasteiger partial charge in [-0.3, -0.25) is 10.2 Å². The third-order valence-corrected chi connectivity index (χ3v) is 2.26. The Balaban J connectivity index is 2.86. The number of carbonyl (C=O) groups excluding carboxylic acids is 1. The van der Waals surface area contributed by atoms with Crippen LogP contribution in [0.4, 0.5) is 0 Å². The Morgan fingerprint density at radius 2 is 2.25 bits per heavy atom. The monoisotopic (exact) mass is 169 g/mol. The van der Waals surface area contributed by atoms with Gasteiger partial charge >= 0.3 is 0 Å². The standard InChI is InChI=1S/C8H15N3O/c1-6(9)11-5-4-10-7(12)8(11,2)3/h9H,4-5H2,1-3H3,(H,10,12). The van der Waals surface area contributed by atoms with Gasteiger partial charge in [0.25, 0.3) is 0 Å². The fourth-order valence-corrected chi connectivity index (χ4v) is 1.49. The maximum absolute atomic E-state index is 11.4. The maximum atomic E-state index is 11.4. The van der Waals surface area contributed by atoms with Gasteiger partial charge in [-0.15, -0.1) is 0 Å². The molecule has 0 aromatic heterocycles. The highest BCUT2D eigenvalue weighted by atomic mass is 16.2. The van der Waals surface area contributed by atoms with Crippen molar-refractivity contribution in [2.45, 2.75) is 26.3 Å². The highest BCUT2D eigenvalue weighted by Crippen LogP contribution is 2.17. The molecule has 0 aromatic carbocycles. The zero-order valence-electron chi connectivity index (χ0n) is 7.77. The van der Waals surface area contributed by atoms with Crippen LogP contribution in [0, 0.1) is 5.41 Å². The number of nitrogens with zero attached hydrogens (tertiary/aromatic N) is 1. The van der Waals surface area contributed by atoms with E-state index in [1.807, 2.05) is 18.7 Å². The van der Waals surface area contributed by atoms with Crippen molar-refractivity contribution >= 4 is 11.7 Å². The van der Waals surface area contributed by atoms with Crippen LogP contribution in [0.1, 0.15) is 20.8 Å². The number of nitrogens with one attached hydrogen (secondary N) is 2. The molecule has 68 valence electrons. The van der Waals surface area contributed by atoms with Gasteiger partial charge in [0.2, 0.25) is 5.91 Å². The molecule has 12 heavy (non-hydrogen) atoms. The van der Waals surface area contributed by atoms with E-state index in [-0.39, 0.29) is 5.91 Å². The van der Waals surface area contributed by atoms with Crippen LogP contribution in [0.25, 0.3) is 0 Å².